The first kappa shape index (κ1) is 34.1. The molecule has 13 heteroatoms. The summed E-state index contributed by atoms with van der Waals surface area (Å²) in [7, 11) is 5.94. The molecule has 3 fully saturated rings. The number of phenolic OH excluding ortho intramolecular Hbond substituents is 1. The van der Waals surface area contributed by atoms with Crippen LogP contribution in [0.2, 0.25) is 0 Å². The summed E-state index contributed by atoms with van der Waals surface area (Å²) >= 11 is 0. The molecule has 6 rings (SSSR count). The van der Waals surface area contributed by atoms with E-state index in [4.69, 9.17) is 12.6 Å². The molecule has 0 saturated carbocycles. The van der Waals surface area contributed by atoms with E-state index in [9.17, 15) is 29.7 Å². The number of benzene rings is 2. The molecule has 0 unspecified atom stereocenters. The largest absolute Gasteiger partial charge is 0.509 e. The molecule has 48 heavy (non-hydrogen) atoms. The number of hydrogen-bond donors (Lipinski definition) is 4. The van der Waals surface area contributed by atoms with Gasteiger partial charge in [0.1, 0.15) is 13.6 Å². The van der Waals surface area contributed by atoms with Crippen LogP contribution in [0.25, 0.3) is 0 Å². The minimum Gasteiger partial charge on any atom is -0.509 e. The fourth-order valence-corrected chi connectivity index (χ4v) is 7.54. The number of hydrogen-bond acceptors (Lipinski definition) is 8. The molecule has 2 aromatic rings. The van der Waals surface area contributed by atoms with Crippen LogP contribution < -0.4 is 10.8 Å². The van der Waals surface area contributed by atoms with Gasteiger partial charge < -0.3 is 45.0 Å². The van der Waals surface area contributed by atoms with Crippen LogP contribution in [0.15, 0.2) is 42.5 Å². The summed E-state index contributed by atoms with van der Waals surface area (Å²) in [6.45, 7) is 3.61. The van der Waals surface area contributed by atoms with Crippen LogP contribution in [0.5, 0.6) is 5.75 Å². The summed E-state index contributed by atoms with van der Waals surface area (Å²) in [6.07, 6.45) is 3.01. The normalized spacial score (nSPS) is 21.6. The SMILES string of the molecule is [B]c1cc(C[C@@H](OC(=O)N2CCC(N3CCc4ccccc4NC3=O)CC2)C(=O)N2CCC(N3CCC(O)(CO)CC3)CC2)ccc1O. The van der Waals surface area contributed by atoms with Crippen molar-refractivity contribution in [1.29, 1.82) is 0 Å². The van der Waals surface area contributed by atoms with Crippen molar-refractivity contribution >= 4 is 37.0 Å². The average molecular weight is 660 g/mol. The third kappa shape index (κ3) is 7.74. The number of anilines is 1. The van der Waals surface area contributed by atoms with E-state index in [2.05, 4.69) is 10.2 Å². The summed E-state index contributed by atoms with van der Waals surface area (Å²) in [5.41, 5.74) is 1.78. The Labute approximate surface area is 283 Å². The molecule has 4 aliphatic rings. The molecular formula is C35H46BN5O7. The molecule has 4 amide bonds. The van der Waals surface area contributed by atoms with E-state index in [-0.39, 0.29) is 48.3 Å². The van der Waals surface area contributed by atoms with E-state index in [1.807, 2.05) is 29.2 Å². The van der Waals surface area contributed by atoms with Crippen LogP contribution in [0.4, 0.5) is 15.3 Å². The predicted octanol–water partition coefficient (Wildman–Crippen LogP) is 1.60. The third-order valence-corrected chi connectivity index (χ3v) is 10.7. The molecule has 4 heterocycles. The molecule has 12 nitrogen and oxygen atoms in total. The number of piperidine rings is 3. The minimum absolute atomic E-state index is 0.0144. The second-order valence-electron chi connectivity index (χ2n) is 13.7. The minimum atomic E-state index is -1.07. The van der Waals surface area contributed by atoms with Gasteiger partial charge in [0, 0.05) is 70.0 Å². The van der Waals surface area contributed by atoms with Crippen molar-refractivity contribution in [1.82, 2.24) is 19.6 Å². The quantitative estimate of drug-likeness (QED) is 0.328. The maximum atomic E-state index is 13.9. The molecule has 0 aliphatic carbocycles. The van der Waals surface area contributed by atoms with E-state index in [0.717, 1.165) is 30.5 Å². The number of carbonyl (C=O) groups excluding carboxylic acids is 3. The highest BCUT2D eigenvalue weighted by Gasteiger charge is 2.38. The molecule has 2 radical (unpaired) electrons. The maximum absolute atomic E-state index is 13.9. The first-order chi connectivity index (χ1) is 23.1. The molecule has 3 saturated heterocycles. The van der Waals surface area contributed by atoms with Crippen molar-refractivity contribution in [2.45, 2.75) is 75.2 Å². The van der Waals surface area contributed by atoms with Gasteiger partial charge in [0.2, 0.25) is 0 Å². The van der Waals surface area contributed by atoms with E-state index >= 15 is 0 Å². The highest BCUT2D eigenvalue weighted by molar-refractivity contribution is 6.34. The Morgan fingerprint density at radius 3 is 2.29 bits per heavy atom. The average Bonchev–Trinajstić information content (AvgIpc) is 3.27. The first-order valence-electron chi connectivity index (χ1n) is 17.2. The van der Waals surface area contributed by atoms with Crippen LogP contribution in [0.3, 0.4) is 0 Å². The summed E-state index contributed by atoms with van der Waals surface area (Å²) in [4.78, 5) is 48.1. The zero-order valence-corrected chi connectivity index (χ0v) is 27.4. The fourth-order valence-electron chi connectivity index (χ4n) is 7.54. The fraction of sp³-hybridized carbons (Fsp3) is 0.571. The number of aromatic hydroxyl groups is 1. The molecule has 1 atom stereocenters. The van der Waals surface area contributed by atoms with Crippen LogP contribution in [-0.2, 0) is 22.4 Å². The van der Waals surface area contributed by atoms with Crippen molar-refractivity contribution in [2.75, 3.05) is 57.7 Å². The van der Waals surface area contributed by atoms with Crippen molar-refractivity contribution in [3.05, 3.63) is 53.6 Å². The number of fused-ring (bicyclic) bond motifs is 1. The number of nitrogens with zero attached hydrogens (tertiary/aromatic N) is 4. The molecule has 2 aromatic carbocycles. The van der Waals surface area contributed by atoms with Gasteiger partial charge in [-0.05, 0) is 68.2 Å². The van der Waals surface area contributed by atoms with Gasteiger partial charge >= 0.3 is 12.1 Å². The number of urea groups is 1. The number of ether oxygens (including phenoxy) is 1. The smallest absolute Gasteiger partial charge is 0.410 e. The number of carbonyl (C=O) groups is 3. The predicted molar refractivity (Wildman–Crippen MR) is 180 cm³/mol. The maximum Gasteiger partial charge on any atom is 0.410 e. The van der Waals surface area contributed by atoms with Crippen LogP contribution in [0, 0.1) is 0 Å². The van der Waals surface area contributed by atoms with E-state index in [1.54, 1.807) is 21.9 Å². The number of aliphatic hydroxyl groups is 2. The number of aliphatic hydroxyl groups excluding tert-OH is 1. The van der Waals surface area contributed by atoms with Crippen LogP contribution >= 0.6 is 0 Å². The van der Waals surface area contributed by atoms with Gasteiger partial charge in [-0.2, -0.15) is 0 Å². The number of rotatable bonds is 7. The van der Waals surface area contributed by atoms with Gasteiger partial charge in [0.25, 0.3) is 5.91 Å². The third-order valence-electron chi connectivity index (χ3n) is 10.7. The van der Waals surface area contributed by atoms with Gasteiger partial charge in [-0.1, -0.05) is 35.8 Å². The van der Waals surface area contributed by atoms with Gasteiger partial charge in [-0.15, -0.1) is 0 Å². The Morgan fingerprint density at radius 1 is 0.938 bits per heavy atom. The zero-order chi connectivity index (χ0) is 33.8. The lowest BCUT2D eigenvalue weighted by molar-refractivity contribution is -0.143. The first-order valence-corrected chi connectivity index (χ1v) is 17.2. The second-order valence-corrected chi connectivity index (χ2v) is 13.7. The Bertz CT molecular complexity index is 1470. The van der Waals surface area contributed by atoms with Crippen molar-refractivity contribution in [3.8, 4) is 5.75 Å². The Balaban J connectivity index is 1.06. The number of nitrogens with one attached hydrogen (secondary N) is 1. The van der Waals surface area contributed by atoms with Crippen molar-refractivity contribution in [2.24, 2.45) is 0 Å². The number of phenols is 1. The highest BCUT2D eigenvalue weighted by Crippen LogP contribution is 2.28. The number of likely N-dealkylation sites (tertiary alicyclic amines) is 3. The molecule has 0 bridgehead atoms. The lowest BCUT2D eigenvalue weighted by Crippen LogP contribution is -2.54. The molecule has 0 aromatic heterocycles. The molecule has 256 valence electrons. The second kappa shape index (κ2) is 14.8. The number of para-hydroxylation sites is 1. The highest BCUT2D eigenvalue weighted by atomic mass is 16.6. The van der Waals surface area contributed by atoms with E-state index < -0.39 is 17.8 Å². The summed E-state index contributed by atoms with van der Waals surface area (Å²) in [5, 5.41) is 32.9. The van der Waals surface area contributed by atoms with E-state index in [1.165, 1.54) is 6.07 Å². The molecular weight excluding hydrogens is 613 g/mol. The van der Waals surface area contributed by atoms with Crippen molar-refractivity contribution < 1.29 is 34.4 Å². The standard InChI is InChI=1S/C35H46BN5O7/c36-28-21-24(5-6-30(28)43)22-31(32(44)39-14-8-26(9-15-39)38-19-12-35(47,23-42)13-20-38)48-34(46)40-16-10-27(11-17-40)41-18-7-25-3-1-2-4-29(25)37-33(41)45/h1-6,21,26-27,31,42-43,47H,7-20,22-23H2,(H,37,45)/t31-/m1/s1. The molecule has 4 N–H and O–H groups in total. The van der Waals surface area contributed by atoms with Gasteiger partial charge in [-0.25, -0.2) is 9.59 Å². The number of amides is 4. The Hall–Kier alpha value is -3.81. The van der Waals surface area contributed by atoms with Gasteiger partial charge in [0.05, 0.1) is 12.2 Å². The zero-order valence-electron chi connectivity index (χ0n) is 27.4. The van der Waals surface area contributed by atoms with Crippen LogP contribution in [-0.4, -0.2) is 137 Å². The van der Waals surface area contributed by atoms with Crippen LogP contribution in [0.1, 0.15) is 49.7 Å². The van der Waals surface area contributed by atoms with Gasteiger partial charge in [-0.3, -0.25) is 4.79 Å². The Kier molecular flexibility index (Phi) is 10.5. The summed E-state index contributed by atoms with van der Waals surface area (Å²) in [5.74, 6) is -0.321. The molecule has 4 aliphatic heterocycles. The lowest BCUT2D eigenvalue weighted by atomic mass is 9.90. The monoisotopic (exact) mass is 659 g/mol. The molecule has 0 spiro atoms. The Morgan fingerprint density at radius 2 is 1.60 bits per heavy atom. The van der Waals surface area contributed by atoms with E-state index in [0.29, 0.717) is 77.1 Å². The van der Waals surface area contributed by atoms with Crippen molar-refractivity contribution in [3.63, 3.8) is 0 Å². The summed E-state index contributed by atoms with van der Waals surface area (Å²) in [6, 6.07) is 12.7. The summed E-state index contributed by atoms with van der Waals surface area (Å²) < 4.78 is 5.96. The topological polar surface area (TPSA) is 146 Å². The van der Waals surface area contributed by atoms with Gasteiger partial charge in [0.15, 0.2) is 6.10 Å². The lowest BCUT2D eigenvalue weighted by Gasteiger charge is -2.44.